The van der Waals surface area contributed by atoms with Gasteiger partial charge in [-0.15, -0.1) is 0 Å². The van der Waals surface area contributed by atoms with Gasteiger partial charge >= 0.3 is 0 Å². The molecule has 1 N–H and O–H groups in total. The van der Waals surface area contributed by atoms with E-state index >= 15 is 0 Å². The molecule has 16 heavy (non-hydrogen) atoms. The maximum absolute atomic E-state index is 5.35. The van der Waals surface area contributed by atoms with Crippen LogP contribution in [0.15, 0.2) is 0 Å². The van der Waals surface area contributed by atoms with Crippen LogP contribution in [0, 0.1) is 5.92 Å². The van der Waals surface area contributed by atoms with Gasteiger partial charge in [0.25, 0.3) is 0 Å². The number of likely N-dealkylation sites (tertiary alicyclic amines) is 1. The van der Waals surface area contributed by atoms with Crippen LogP contribution in [0.3, 0.4) is 0 Å². The number of piperidine rings is 1. The smallest absolute Gasteiger partial charge is 0.0608 e. The van der Waals surface area contributed by atoms with Crippen molar-refractivity contribution in [2.45, 2.75) is 25.8 Å². The van der Waals surface area contributed by atoms with Crippen molar-refractivity contribution in [3.05, 3.63) is 0 Å². The van der Waals surface area contributed by atoms with E-state index in [9.17, 15) is 0 Å². The third-order valence-corrected chi connectivity index (χ3v) is 3.77. The van der Waals surface area contributed by atoms with Gasteiger partial charge in [-0.25, -0.2) is 5.01 Å². The molecule has 0 aromatic heterocycles. The zero-order valence-electron chi connectivity index (χ0n) is 10.6. The van der Waals surface area contributed by atoms with E-state index in [0.29, 0.717) is 6.04 Å². The van der Waals surface area contributed by atoms with Crippen LogP contribution < -0.4 is 5.43 Å². The first-order chi connectivity index (χ1) is 7.75. The minimum Gasteiger partial charge on any atom is -0.379 e. The summed E-state index contributed by atoms with van der Waals surface area (Å²) in [6, 6.07) is 0.584. The van der Waals surface area contributed by atoms with E-state index < -0.39 is 0 Å². The molecule has 2 aliphatic heterocycles. The third kappa shape index (κ3) is 3.42. The number of nitrogens with one attached hydrogen (secondary N) is 1. The molecule has 0 aromatic carbocycles. The van der Waals surface area contributed by atoms with Crippen molar-refractivity contribution >= 4 is 0 Å². The summed E-state index contributed by atoms with van der Waals surface area (Å²) in [6.07, 6.45) is 2.71. The van der Waals surface area contributed by atoms with Crippen LogP contribution in [-0.4, -0.2) is 62.4 Å². The first-order valence-corrected chi connectivity index (χ1v) is 6.53. The number of rotatable bonds is 3. The second-order valence-corrected chi connectivity index (χ2v) is 5.18. The molecular formula is C12H25N3O. The van der Waals surface area contributed by atoms with Gasteiger partial charge in [0.2, 0.25) is 0 Å². The fraction of sp³-hybridized carbons (Fsp3) is 1.00. The summed E-state index contributed by atoms with van der Waals surface area (Å²) in [5.74, 6) is 0.793. The first-order valence-electron chi connectivity index (χ1n) is 6.53. The molecule has 0 aliphatic carbocycles. The summed E-state index contributed by atoms with van der Waals surface area (Å²) in [4.78, 5) is 2.45. The fourth-order valence-electron chi connectivity index (χ4n) is 2.70. The van der Waals surface area contributed by atoms with Crippen LogP contribution in [0.4, 0.5) is 0 Å². The highest BCUT2D eigenvalue weighted by Crippen LogP contribution is 2.18. The van der Waals surface area contributed by atoms with Gasteiger partial charge in [-0.3, -0.25) is 5.43 Å². The highest BCUT2D eigenvalue weighted by Gasteiger charge is 2.24. The Kier molecular flexibility index (Phi) is 4.58. The molecule has 2 rings (SSSR count). The van der Waals surface area contributed by atoms with E-state index in [1.54, 1.807) is 0 Å². The van der Waals surface area contributed by atoms with E-state index in [1.165, 1.54) is 25.9 Å². The van der Waals surface area contributed by atoms with Crippen LogP contribution >= 0.6 is 0 Å². The third-order valence-electron chi connectivity index (χ3n) is 3.77. The zero-order valence-corrected chi connectivity index (χ0v) is 10.6. The molecule has 0 amide bonds. The Morgan fingerprint density at radius 3 is 2.69 bits per heavy atom. The topological polar surface area (TPSA) is 27.7 Å². The number of nitrogens with zero attached hydrogens (tertiary/aromatic N) is 2. The number of hydrogen-bond donors (Lipinski definition) is 1. The van der Waals surface area contributed by atoms with E-state index in [4.69, 9.17) is 4.74 Å². The van der Waals surface area contributed by atoms with Gasteiger partial charge in [0, 0.05) is 25.7 Å². The lowest BCUT2D eigenvalue weighted by Gasteiger charge is -2.37. The van der Waals surface area contributed by atoms with Crippen LogP contribution in [0.5, 0.6) is 0 Å². The van der Waals surface area contributed by atoms with E-state index in [0.717, 1.165) is 32.2 Å². The Labute approximate surface area is 98.9 Å². The van der Waals surface area contributed by atoms with Gasteiger partial charge in [0.1, 0.15) is 0 Å². The predicted molar refractivity (Wildman–Crippen MR) is 65.2 cm³/mol. The molecule has 2 saturated heterocycles. The number of morpholine rings is 1. The monoisotopic (exact) mass is 227 g/mol. The van der Waals surface area contributed by atoms with Crippen molar-refractivity contribution in [2.24, 2.45) is 5.92 Å². The quantitative estimate of drug-likeness (QED) is 0.762. The van der Waals surface area contributed by atoms with Crippen molar-refractivity contribution < 1.29 is 4.74 Å². The second kappa shape index (κ2) is 5.96. The number of hydrazine groups is 1. The molecule has 2 unspecified atom stereocenters. The summed E-state index contributed by atoms with van der Waals surface area (Å²) in [5.41, 5.74) is 3.64. The molecule has 0 aromatic rings. The molecular weight excluding hydrogens is 202 g/mol. The minimum absolute atomic E-state index is 0.584. The van der Waals surface area contributed by atoms with Crippen LogP contribution in [0.1, 0.15) is 19.8 Å². The highest BCUT2D eigenvalue weighted by atomic mass is 16.5. The predicted octanol–water partition coefficient (Wildman–Crippen LogP) is 0.554. The van der Waals surface area contributed by atoms with Gasteiger partial charge < -0.3 is 9.64 Å². The lowest BCUT2D eigenvalue weighted by atomic mass is 9.92. The Morgan fingerprint density at radius 2 is 2.00 bits per heavy atom. The molecule has 2 heterocycles. The van der Waals surface area contributed by atoms with Crippen LogP contribution in [0.25, 0.3) is 0 Å². The summed E-state index contributed by atoms with van der Waals surface area (Å²) < 4.78 is 5.35. The molecule has 4 heteroatoms. The molecule has 0 radical (unpaired) electrons. The highest BCUT2D eigenvalue weighted by molar-refractivity contribution is 4.78. The van der Waals surface area contributed by atoms with Gasteiger partial charge in [-0.1, -0.05) is 0 Å². The fourth-order valence-corrected chi connectivity index (χ4v) is 2.70. The second-order valence-electron chi connectivity index (χ2n) is 5.18. The van der Waals surface area contributed by atoms with Gasteiger partial charge in [-0.05, 0) is 39.3 Å². The SMILES string of the molecule is CC(NN1CCOCC1)C1CCCN(C)C1. The van der Waals surface area contributed by atoms with Crippen molar-refractivity contribution in [1.29, 1.82) is 0 Å². The normalized spacial score (nSPS) is 31.5. The average Bonchev–Trinajstić information content (AvgIpc) is 2.30. The Hall–Kier alpha value is -0.160. The summed E-state index contributed by atoms with van der Waals surface area (Å²) in [6.45, 7) is 8.59. The van der Waals surface area contributed by atoms with Crippen LogP contribution in [0.2, 0.25) is 0 Å². The summed E-state index contributed by atoms with van der Waals surface area (Å²) in [5, 5.41) is 2.32. The minimum atomic E-state index is 0.584. The molecule has 2 fully saturated rings. The lowest BCUT2D eigenvalue weighted by molar-refractivity contribution is -0.00393. The van der Waals surface area contributed by atoms with E-state index in [1.807, 2.05) is 0 Å². The van der Waals surface area contributed by atoms with Crippen molar-refractivity contribution in [2.75, 3.05) is 46.4 Å². The largest absolute Gasteiger partial charge is 0.379 e. The molecule has 2 aliphatic rings. The standard InChI is InChI=1S/C12H25N3O/c1-11(12-4-3-5-14(2)10-12)13-15-6-8-16-9-7-15/h11-13H,3-10H2,1-2H3. The van der Waals surface area contributed by atoms with Crippen molar-refractivity contribution in [3.8, 4) is 0 Å². The molecule has 0 saturated carbocycles. The number of ether oxygens (including phenoxy) is 1. The van der Waals surface area contributed by atoms with E-state index in [2.05, 4.69) is 29.3 Å². The van der Waals surface area contributed by atoms with Crippen molar-refractivity contribution in [3.63, 3.8) is 0 Å². The molecule has 0 spiro atoms. The maximum Gasteiger partial charge on any atom is 0.0608 e. The molecule has 94 valence electrons. The molecule has 0 bridgehead atoms. The molecule has 2 atom stereocenters. The Morgan fingerprint density at radius 1 is 1.25 bits per heavy atom. The van der Waals surface area contributed by atoms with Gasteiger partial charge in [-0.2, -0.15) is 0 Å². The first kappa shape index (κ1) is 12.3. The van der Waals surface area contributed by atoms with Gasteiger partial charge in [0.15, 0.2) is 0 Å². The van der Waals surface area contributed by atoms with Crippen LogP contribution in [-0.2, 0) is 4.74 Å². The summed E-state index contributed by atoms with van der Waals surface area (Å²) in [7, 11) is 2.23. The zero-order chi connectivity index (χ0) is 11.4. The Balaban J connectivity index is 1.75. The number of hydrogen-bond acceptors (Lipinski definition) is 4. The lowest BCUT2D eigenvalue weighted by Crippen LogP contribution is -2.53. The maximum atomic E-state index is 5.35. The van der Waals surface area contributed by atoms with E-state index in [-0.39, 0.29) is 0 Å². The van der Waals surface area contributed by atoms with Gasteiger partial charge in [0.05, 0.1) is 13.2 Å². The molecule has 4 nitrogen and oxygen atoms in total. The average molecular weight is 227 g/mol. The van der Waals surface area contributed by atoms with Crippen molar-refractivity contribution in [1.82, 2.24) is 15.3 Å². The summed E-state index contributed by atoms with van der Waals surface area (Å²) >= 11 is 0. The Bertz CT molecular complexity index is 206.